The largest absolute Gasteiger partial charge is 0.355 e. The molecule has 1 unspecified atom stereocenters. The minimum atomic E-state index is 0.220. The molecule has 7 heteroatoms. The van der Waals surface area contributed by atoms with E-state index in [9.17, 15) is 0 Å². The summed E-state index contributed by atoms with van der Waals surface area (Å²) in [6.07, 6.45) is 5.63. The summed E-state index contributed by atoms with van der Waals surface area (Å²) in [4.78, 5) is 15.3. The number of anilines is 1. The van der Waals surface area contributed by atoms with Gasteiger partial charge in [0, 0.05) is 31.5 Å². The van der Waals surface area contributed by atoms with Crippen LogP contribution in [0.25, 0.3) is 23.0 Å². The van der Waals surface area contributed by atoms with Crippen LogP contribution in [0.15, 0.2) is 47.2 Å². The number of hydrogen-bond donors (Lipinski definition) is 1. The lowest BCUT2D eigenvalue weighted by molar-refractivity contribution is 0.432. The van der Waals surface area contributed by atoms with E-state index in [1.807, 2.05) is 30.3 Å². The Morgan fingerprint density at radius 3 is 2.88 bits per heavy atom. The molecule has 1 aliphatic rings. The van der Waals surface area contributed by atoms with Gasteiger partial charge in [-0.25, -0.2) is 4.98 Å². The van der Waals surface area contributed by atoms with Crippen LogP contribution in [0.1, 0.15) is 12.8 Å². The SMILES string of the molecule is NC1CCCN(c2ccc(-c3nc(-c4ccccn4)no3)cn2)C1. The summed E-state index contributed by atoms with van der Waals surface area (Å²) in [5.41, 5.74) is 7.50. The van der Waals surface area contributed by atoms with Crippen molar-refractivity contribution in [1.29, 1.82) is 0 Å². The molecule has 3 aromatic heterocycles. The first-order valence-corrected chi connectivity index (χ1v) is 8.02. The van der Waals surface area contributed by atoms with E-state index in [1.165, 1.54) is 0 Å². The van der Waals surface area contributed by atoms with Crippen molar-refractivity contribution in [3.8, 4) is 23.0 Å². The first kappa shape index (κ1) is 14.8. The van der Waals surface area contributed by atoms with E-state index in [1.54, 1.807) is 12.4 Å². The molecule has 0 aliphatic carbocycles. The van der Waals surface area contributed by atoms with Gasteiger partial charge in [-0.3, -0.25) is 4.98 Å². The average molecular weight is 322 g/mol. The minimum Gasteiger partial charge on any atom is -0.355 e. The summed E-state index contributed by atoms with van der Waals surface area (Å²) in [5.74, 6) is 1.83. The summed E-state index contributed by atoms with van der Waals surface area (Å²) in [7, 11) is 0. The first-order chi connectivity index (χ1) is 11.8. The maximum absolute atomic E-state index is 6.03. The standard InChI is InChI=1S/C17H18N6O/c18-13-4-3-9-23(11-13)15-7-6-12(10-20-15)17-21-16(22-24-17)14-5-1-2-8-19-14/h1-2,5-8,10,13H,3-4,9,11,18H2. The Morgan fingerprint density at radius 2 is 2.12 bits per heavy atom. The van der Waals surface area contributed by atoms with Crippen LogP contribution in [0.2, 0.25) is 0 Å². The number of nitrogens with two attached hydrogens (primary N) is 1. The molecule has 4 rings (SSSR count). The molecule has 2 N–H and O–H groups in total. The summed E-state index contributed by atoms with van der Waals surface area (Å²) in [5, 5.41) is 3.98. The molecule has 0 spiro atoms. The van der Waals surface area contributed by atoms with Crippen molar-refractivity contribution >= 4 is 5.82 Å². The molecule has 0 aromatic carbocycles. The van der Waals surface area contributed by atoms with E-state index in [0.29, 0.717) is 17.4 Å². The highest BCUT2D eigenvalue weighted by Gasteiger charge is 2.18. The van der Waals surface area contributed by atoms with Crippen molar-refractivity contribution in [2.75, 3.05) is 18.0 Å². The summed E-state index contributed by atoms with van der Waals surface area (Å²) in [6, 6.07) is 9.71. The van der Waals surface area contributed by atoms with E-state index in [-0.39, 0.29) is 6.04 Å². The Labute approximate surface area is 139 Å². The number of piperidine rings is 1. The molecular weight excluding hydrogens is 304 g/mol. The Hall–Kier alpha value is -2.80. The van der Waals surface area contributed by atoms with Gasteiger partial charge in [0.25, 0.3) is 5.89 Å². The summed E-state index contributed by atoms with van der Waals surface area (Å²) in [6.45, 7) is 1.83. The molecule has 4 heterocycles. The fourth-order valence-electron chi connectivity index (χ4n) is 2.86. The zero-order valence-electron chi connectivity index (χ0n) is 13.2. The molecule has 1 aliphatic heterocycles. The predicted molar refractivity (Wildman–Crippen MR) is 90.2 cm³/mol. The number of rotatable bonds is 3. The molecule has 1 atom stereocenters. The van der Waals surface area contributed by atoms with Gasteiger partial charge in [0.15, 0.2) is 0 Å². The fraction of sp³-hybridized carbons (Fsp3) is 0.294. The Kier molecular flexibility index (Phi) is 3.92. The lowest BCUT2D eigenvalue weighted by Crippen LogP contribution is -2.43. The Bertz CT molecular complexity index is 801. The van der Waals surface area contributed by atoms with E-state index in [0.717, 1.165) is 37.3 Å². The molecule has 3 aromatic rings. The Morgan fingerprint density at radius 1 is 1.17 bits per heavy atom. The minimum absolute atomic E-state index is 0.220. The van der Waals surface area contributed by atoms with Gasteiger partial charge in [-0.15, -0.1) is 0 Å². The quantitative estimate of drug-likeness (QED) is 0.789. The number of pyridine rings is 2. The van der Waals surface area contributed by atoms with E-state index < -0.39 is 0 Å². The maximum Gasteiger partial charge on any atom is 0.259 e. The highest BCUT2D eigenvalue weighted by molar-refractivity contribution is 5.58. The average Bonchev–Trinajstić information content (AvgIpc) is 3.13. The van der Waals surface area contributed by atoms with Gasteiger partial charge in [0.2, 0.25) is 5.82 Å². The first-order valence-electron chi connectivity index (χ1n) is 8.02. The van der Waals surface area contributed by atoms with Crippen LogP contribution in [-0.4, -0.2) is 39.2 Å². The van der Waals surface area contributed by atoms with Gasteiger partial charge < -0.3 is 15.2 Å². The second-order valence-electron chi connectivity index (χ2n) is 5.89. The molecular formula is C17H18N6O. The maximum atomic E-state index is 6.03. The zero-order valence-corrected chi connectivity index (χ0v) is 13.2. The van der Waals surface area contributed by atoms with Gasteiger partial charge in [0.1, 0.15) is 11.5 Å². The van der Waals surface area contributed by atoms with Crippen LogP contribution in [-0.2, 0) is 0 Å². The molecule has 0 amide bonds. The molecule has 0 bridgehead atoms. The third-order valence-electron chi connectivity index (χ3n) is 4.10. The molecule has 7 nitrogen and oxygen atoms in total. The van der Waals surface area contributed by atoms with Crippen LogP contribution in [0.5, 0.6) is 0 Å². The third kappa shape index (κ3) is 2.98. The van der Waals surface area contributed by atoms with E-state index in [4.69, 9.17) is 10.3 Å². The highest BCUT2D eigenvalue weighted by Crippen LogP contribution is 2.23. The van der Waals surface area contributed by atoms with Crippen molar-refractivity contribution in [2.45, 2.75) is 18.9 Å². The second-order valence-corrected chi connectivity index (χ2v) is 5.89. The van der Waals surface area contributed by atoms with Crippen molar-refractivity contribution in [3.63, 3.8) is 0 Å². The third-order valence-corrected chi connectivity index (χ3v) is 4.10. The van der Waals surface area contributed by atoms with Crippen molar-refractivity contribution in [3.05, 3.63) is 42.7 Å². The van der Waals surface area contributed by atoms with Crippen molar-refractivity contribution in [2.24, 2.45) is 5.73 Å². The molecule has 24 heavy (non-hydrogen) atoms. The van der Waals surface area contributed by atoms with E-state index in [2.05, 4.69) is 25.0 Å². The van der Waals surface area contributed by atoms with Crippen LogP contribution < -0.4 is 10.6 Å². The normalized spacial score (nSPS) is 17.9. The predicted octanol–water partition coefficient (Wildman–Crippen LogP) is 2.12. The number of hydrogen-bond acceptors (Lipinski definition) is 7. The smallest absolute Gasteiger partial charge is 0.259 e. The second kappa shape index (κ2) is 6.37. The number of aromatic nitrogens is 4. The topological polar surface area (TPSA) is 94.0 Å². The fourth-order valence-corrected chi connectivity index (χ4v) is 2.86. The van der Waals surface area contributed by atoms with Crippen LogP contribution >= 0.6 is 0 Å². The van der Waals surface area contributed by atoms with Gasteiger partial charge in [-0.2, -0.15) is 4.98 Å². The van der Waals surface area contributed by atoms with Gasteiger partial charge >= 0.3 is 0 Å². The molecule has 122 valence electrons. The molecule has 0 saturated carbocycles. The van der Waals surface area contributed by atoms with E-state index >= 15 is 0 Å². The lowest BCUT2D eigenvalue weighted by Gasteiger charge is -2.31. The highest BCUT2D eigenvalue weighted by atomic mass is 16.5. The molecule has 1 fully saturated rings. The Balaban J connectivity index is 1.54. The van der Waals surface area contributed by atoms with Crippen LogP contribution in [0, 0.1) is 0 Å². The zero-order chi connectivity index (χ0) is 16.4. The molecule has 0 radical (unpaired) electrons. The van der Waals surface area contributed by atoms with Crippen LogP contribution in [0.3, 0.4) is 0 Å². The molecule has 1 saturated heterocycles. The van der Waals surface area contributed by atoms with Gasteiger partial charge in [-0.1, -0.05) is 11.2 Å². The van der Waals surface area contributed by atoms with Crippen molar-refractivity contribution < 1.29 is 4.52 Å². The van der Waals surface area contributed by atoms with Gasteiger partial charge in [0.05, 0.1) is 5.56 Å². The number of nitrogens with zero attached hydrogens (tertiary/aromatic N) is 5. The van der Waals surface area contributed by atoms with Crippen LogP contribution in [0.4, 0.5) is 5.82 Å². The summed E-state index contributed by atoms with van der Waals surface area (Å²) >= 11 is 0. The van der Waals surface area contributed by atoms with Gasteiger partial charge in [-0.05, 0) is 37.1 Å². The summed E-state index contributed by atoms with van der Waals surface area (Å²) < 4.78 is 5.33. The monoisotopic (exact) mass is 322 g/mol. The van der Waals surface area contributed by atoms with Crippen molar-refractivity contribution in [1.82, 2.24) is 20.1 Å². The lowest BCUT2D eigenvalue weighted by atomic mass is 10.1.